The van der Waals surface area contributed by atoms with E-state index in [0.29, 0.717) is 13.2 Å². The zero-order valence-corrected chi connectivity index (χ0v) is 12.8. The highest BCUT2D eigenvalue weighted by molar-refractivity contribution is 5.95. The third-order valence-corrected chi connectivity index (χ3v) is 3.30. The number of nitrogens with one attached hydrogen (secondary N) is 1. The average molecular weight is 300 g/mol. The molecule has 0 aliphatic heterocycles. The summed E-state index contributed by atoms with van der Waals surface area (Å²) in [6.07, 6.45) is 1.75. The fourth-order valence-electron chi connectivity index (χ4n) is 2.17. The van der Waals surface area contributed by atoms with E-state index in [1.54, 1.807) is 25.9 Å². The van der Waals surface area contributed by atoms with Crippen LogP contribution >= 0.6 is 0 Å². The summed E-state index contributed by atoms with van der Waals surface area (Å²) in [7, 11) is 1.56. The predicted octanol–water partition coefficient (Wildman–Crippen LogP) is 1.22. The van der Waals surface area contributed by atoms with E-state index in [9.17, 15) is 14.4 Å². The van der Waals surface area contributed by atoms with Crippen molar-refractivity contribution in [3.05, 3.63) is 0 Å². The summed E-state index contributed by atoms with van der Waals surface area (Å²) in [6, 6.07) is -0.245. The number of amides is 3. The molecule has 3 amide bonds. The van der Waals surface area contributed by atoms with E-state index in [1.807, 2.05) is 0 Å². The van der Waals surface area contributed by atoms with Gasteiger partial charge in [0.2, 0.25) is 5.91 Å². The van der Waals surface area contributed by atoms with Gasteiger partial charge in [-0.1, -0.05) is 13.8 Å². The van der Waals surface area contributed by atoms with E-state index in [1.165, 1.54) is 0 Å². The maximum Gasteiger partial charge on any atom is 0.324 e. The van der Waals surface area contributed by atoms with Gasteiger partial charge in [0, 0.05) is 26.1 Å². The lowest BCUT2D eigenvalue weighted by atomic mass is 9.85. The molecule has 0 bridgehead atoms. The Bertz CT molecular complexity index is 404. The van der Waals surface area contributed by atoms with Gasteiger partial charge in [0.1, 0.15) is 0 Å². The summed E-state index contributed by atoms with van der Waals surface area (Å²) < 4.78 is 4.96. The van der Waals surface area contributed by atoms with Crippen LogP contribution in [0, 0.1) is 5.41 Å². The molecule has 1 aliphatic rings. The standard InChI is InChI=1S/C14H24N2O5/c1-14(2,9-12(18)19)8-11(17)15-13(20)16(6-7-21-3)10-4-5-10/h10H,4-9H2,1-3H3,(H,18,19)(H,15,17,20). The Balaban J connectivity index is 2.48. The third kappa shape index (κ3) is 6.57. The zero-order chi connectivity index (χ0) is 16.0. The molecular weight excluding hydrogens is 276 g/mol. The first-order valence-electron chi connectivity index (χ1n) is 7.06. The molecule has 1 aliphatic carbocycles. The van der Waals surface area contributed by atoms with Crippen LogP contribution in [0.3, 0.4) is 0 Å². The first kappa shape index (κ1) is 17.4. The molecule has 7 heteroatoms. The lowest BCUT2D eigenvalue weighted by Crippen LogP contribution is -2.46. The van der Waals surface area contributed by atoms with Gasteiger partial charge in [0.05, 0.1) is 13.0 Å². The fourth-order valence-corrected chi connectivity index (χ4v) is 2.17. The van der Waals surface area contributed by atoms with Crippen LogP contribution in [-0.4, -0.2) is 54.2 Å². The molecule has 120 valence electrons. The molecule has 0 spiro atoms. The molecule has 0 aromatic carbocycles. The highest BCUT2D eigenvalue weighted by Crippen LogP contribution is 2.27. The number of carbonyl (C=O) groups is 3. The molecule has 2 N–H and O–H groups in total. The van der Waals surface area contributed by atoms with Gasteiger partial charge in [-0.3, -0.25) is 14.9 Å². The number of nitrogens with zero attached hydrogens (tertiary/aromatic N) is 1. The monoisotopic (exact) mass is 300 g/mol. The lowest BCUT2D eigenvalue weighted by molar-refractivity contribution is -0.139. The van der Waals surface area contributed by atoms with E-state index in [0.717, 1.165) is 12.8 Å². The minimum absolute atomic E-state index is 0.00613. The Morgan fingerprint density at radius 1 is 1.29 bits per heavy atom. The summed E-state index contributed by atoms with van der Waals surface area (Å²) in [6.45, 7) is 4.24. The first-order valence-corrected chi connectivity index (χ1v) is 7.06. The number of ether oxygens (including phenoxy) is 1. The van der Waals surface area contributed by atoms with Crippen LogP contribution in [0.4, 0.5) is 4.79 Å². The molecule has 1 fully saturated rings. The third-order valence-electron chi connectivity index (χ3n) is 3.30. The second kappa shape index (κ2) is 7.40. The van der Waals surface area contributed by atoms with E-state index in [4.69, 9.17) is 9.84 Å². The van der Waals surface area contributed by atoms with Crippen molar-refractivity contribution in [1.82, 2.24) is 10.2 Å². The Labute approximate surface area is 124 Å². The minimum Gasteiger partial charge on any atom is -0.481 e. The van der Waals surface area contributed by atoms with Gasteiger partial charge in [-0.25, -0.2) is 4.79 Å². The lowest BCUT2D eigenvalue weighted by Gasteiger charge is -2.24. The van der Waals surface area contributed by atoms with Crippen molar-refractivity contribution < 1.29 is 24.2 Å². The Hall–Kier alpha value is -1.63. The van der Waals surface area contributed by atoms with Crippen LogP contribution in [-0.2, 0) is 14.3 Å². The van der Waals surface area contributed by atoms with Crippen LogP contribution in [0.2, 0.25) is 0 Å². The summed E-state index contributed by atoms with van der Waals surface area (Å²) in [4.78, 5) is 36.3. The molecule has 0 saturated heterocycles. The fraction of sp³-hybridized carbons (Fsp3) is 0.786. The van der Waals surface area contributed by atoms with Crippen molar-refractivity contribution in [1.29, 1.82) is 0 Å². The van der Waals surface area contributed by atoms with Crippen LogP contribution < -0.4 is 5.32 Å². The molecule has 0 aromatic rings. The van der Waals surface area contributed by atoms with E-state index in [2.05, 4.69) is 5.32 Å². The molecular formula is C14H24N2O5. The number of carboxylic acid groups (broad SMARTS) is 1. The van der Waals surface area contributed by atoms with E-state index < -0.39 is 23.3 Å². The second-order valence-electron chi connectivity index (χ2n) is 6.18. The number of carboxylic acids is 1. The van der Waals surface area contributed by atoms with Crippen molar-refractivity contribution >= 4 is 17.9 Å². The van der Waals surface area contributed by atoms with Gasteiger partial charge in [0.15, 0.2) is 0 Å². The maximum absolute atomic E-state index is 12.1. The Morgan fingerprint density at radius 2 is 1.90 bits per heavy atom. The molecule has 21 heavy (non-hydrogen) atoms. The van der Waals surface area contributed by atoms with Crippen molar-refractivity contribution in [2.75, 3.05) is 20.3 Å². The molecule has 0 atom stereocenters. The van der Waals surface area contributed by atoms with Crippen molar-refractivity contribution in [2.45, 2.75) is 45.6 Å². The van der Waals surface area contributed by atoms with Gasteiger partial charge < -0.3 is 14.7 Å². The van der Waals surface area contributed by atoms with Gasteiger partial charge in [-0.2, -0.15) is 0 Å². The van der Waals surface area contributed by atoms with Gasteiger partial charge in [-0.05, 0) is 18.3 Å². The van der Waals surface area contributed by atoms with Gasteiger partial charge in [-0.15, -0.1) is 0 Å². The van der Waals surface area contributed by atoms with Crippen molar-refractivity contribution in [3.63, 3.8) is 0 Å². The van der Waals surface area contributed by atoms with Gasteiger partial charge in [0.25, 0.3) is 0 Å². The molecule has 7 nitrogen and oxygen atoms in total. The largest absolute Gasteiger partial charge is 0.481 e. The first-order chi connectivity index (χ1) is 9.75. The highest BCUT2D eigenvalue weighted by atomic mass is 16.5. The van der Waals surface area contributed by atoms with E-state index >= 15 is 0 Å². The smallest absolute Gasteiger partial charge is 0.324 e. The number of methoxy groups -OCH3 is 1. The number of urea groups is 1. The highest BCUT2D eigenvalue weighted by Gasteiger charge is 2.33. The molecule has 0 heterocycles. The molecule has 0 unspecified atom stereocenters. The zero-order valence-electron chi connectivity index (χ0n) is 12.8. The normalized spacial score (nSPS) is 14.6. The number of hydrogen-bond donors (Lipinski definition) is 2. The Kier molecular flexibility index (Phi) is 6.14. The predicted molar refractivity (Wildman–Crippen MR) is 75.8 cm³/mol. The quantitative estimate of drug-likeness (QED) is 0.702. The molecule has 0 aromatic heterocycles. The minimum atomic E-state index is -0.959. The average Bonchev–Trinajstić information content (AvgIpc) is 3.10. The number of imide groups is 1. The Morgan fingerprint density at radius 3 is 2.38 bits per heavy atom. The summed E-state index contributed by atoms with van der Waals surface area (Å²) in [5.74, 6) is -1.41. The molecule has 0 radical (unpaired) electrons. The number of rotatable bonds is 8. The molecule has 1 rings (SSSR count). The summed E-state index contributed by atoms with van der Waals surface area (Å²) >= 11 is 0. The van der Waals surface area contributed by atoms with Crippen LogP contribution in [0.15, 0.2) is 0 Å². The van der Waals surface area contributed by atoms with E-state index in [-0.39, 0.29) is 18.9 Å². The number of carbonyl (C=O) groups excluding carboxylic acids is 2. The van der Waals surface area contributed by atoms with Gasteiger partial charge >= 0.3 is 12.0 Å². The SMILES string of the molecule is COCCN(C(=O)NC(=O)CC(C)(C)CC(=O)O)C1CC1. The molecule has 1 saturated carbocycles. The second-order valence-corrected chi connectivity index (χ2v) is 6.18. The van der Waals surface area contributed by atoms with Crippen LogP contribution in [0.25, 0.3) is 0 Å². The summed E-state index contributed by atoms with van der Waals surface area (Å²) in [5.41, 5.74) is -0.687. The van der Waals surface area contributed by atoms with Crippen LogP contribution in [0.1, 0.15) is 39.5 Å². The topological polar surface area (TPSA) is 95.9 Å². The number of aliphatic carboxylic acids is 1. The van der Waals surface area contributed by atoms with Crippen molar-refractivity contribution in [2.24, 2.45) is 5.41 Å². The number of hydrogen-bond acceptors (Lipinski definition) is 4. The van der Waals surface area contributed by atoms with Crippen molar-refractivity contribution in [3.8, 4) is 0 Å². The summed E-state index contributed by atoms with van der Waals surface area (Å²) in [5, 5.41) is 11.1. The van der Waals surface area contributed by atoms with Crippen LogP contribution in [0.5, 0.6) is 0 Å². The maximum atomic E-state index is 12.1.